The van der Waals surface area contributed by atoms with Gasteiger partial charge in [0.25, 0.3) is 0 Å². The predicted octanol–water partition coefficient (Wildman–Crippen LogP) is 2.37. The lowest BCUT2D eigenvalue weighted by molar-refractivity contribution is 0.167. The third-order valence-electron chi connectivity index (χ3n) is 2.93. The van der Waals surface area contributed by atoms with Crippen LogP contribution in [0.1, 0.15) is 12.0 Å². The number of hydrogen-bond donors (Lipinski definition) is 1. The lowest BCUT2D eigenvalue weighted by Crippen LogP contribution is -2.12. The van der Waals surface area contributed by atoms with E-state index in [-0.39, 0.29) is 0 Å². The molecule has 0 aromatic heterocycles. The van der Waals surface area contributed by atoms with E-state index in [9.17, 15) is 0 Å². The average Bonchev–Trinajstić information content (AvgIpc) is 2.81. The van der Waals surface area contributed by atoms with Crippen LogP contribution in [0.25, 0.3) is 0 Å². The van der Waals surface area contributed by atoms with Gasteiger partial charge in [-0.15, -0.1) is 0 Å². The van der Waals surface area contributed by atoms with Gasteiger partial charge in [-0.25, -0.2) is 0 Å². The number of rotatable bonds is 5. The zero-order chi connectivity index (χ0) is 12.1. The minimum atomic E-state index is 0.533. The second-order valence-corrected chi connectivity index (χ2v) is 5.20. The van der Waals surface area contributed by atoms with Crippen molar-refractivity contribution in [2.75, 3.05) is 26.4 Å². The number of halogens is 1. The van der Waals surface area contributed by atoms with Crippen LogP contribution in [0.2, 0.25) is 0 Å². The maximum atomic E-state index is 5.80. The molecule has 1 saturated heterocycles. The molecular weight excluding hydrogens is 282 g/mol. The quantitative estimate of drug-likeness (QED) is 0.908. The van der Waals surface area contributed by atoms with Gasteiger partial charge in [-0.1, -0.05) is 6.07 Å². The van der Waals surface area contributed by atoms with Crippen molar-refractivity contribution < 1.29 is 9.47 Å². The van der Waals surface area contributed by atoms with Gasteiger partial charge in [0.05, 0.1) is 17.7 Å². The van der Waals surface area contributed by atoms with Crippen molar-refractivity contribution in [1.82, 2.24) is 0 Å². The molecule has 2 N–H and O–H groups in total. The van der Waals surface area contributed by atoms with Crippen molar-refractivity contribution in [2.45, 2.75) is 12.8 Å². The van der Waals surface area contributed by atoms with Crippen LogP contribution in [0.15, 0.2) is 22.7 Å². The Kier molecular flexibility index (Phi) is 4.83. The van der Waals surface area contributed by atoms with Crippen LogP contribution in [-0.4, -0.2) is 26.4 Å². The summed E-state index contributed by atoms with van der Waals surface area (Å²) in [6.07, 6.45) is 2.00. The number of ether oxygens (including phenoxy) is 2. The van der Waals surface area contributed by atoms with E-state index in [0.717, 1.165) is 42.9 Å². The molecule has 1 aliphatic heterocycles. The van der Waals surface area contributed by atoms with Gasteiger partial charge in [-0.3, -0.25) is 0 Å². The summed E-state index contributed by atoms with van der Waals surface area (Å²) in [5.74, 6) is 1.43. The highest BCUT2D eigenvalue weighted by atomic mass is 79.9. The minimum absolute atomic E-state index is 0.533. The second-order valence-electron chi connectivity index (χ2n) is 4.34. The van der Waals surface area contributed by atoms with Crippen LogP contribution in [0.5, 0.6) is 5.75 Å². The van der Waals surface area contributed by atoms with Gasteiger partial charge in [-0.2, -0.15) is 0 Å². The molecule has 0 bridgehead atoms. The molecule has 4 heteroatoms. The van der Waals surface area contributed by atoms with Crippen LogP contribution in [-0.2, 0) is 11.2 Å². The first kappa shape index (κ1) is 12.9. The highest BCUT2D eigenvalue weighted by Gasteiger charge is 2.16. The van der Waals surface area contributed by atoms with Gasteiger partial charge in [0.2, 0.25) is 0 Å². The van der Waals surface area contributed by atoms with Gasteiger partial charge in [0, 0.05) is 12.5 Å². The topological polar surface area (TPSA) is 44.5 Å². The Morgan fingerprint density at radius 3 is 3.00 bits per heavy atom. The average molecular weight is 300 g/mol. The van der Waals surface area contributed by atoms with E-state index in [1.807, 2.05) is 6.07 Å². The molecule has 17 heavy (non-hydrogen) atoms. The molecule has 0 saturated carbocycles. The van der Waals surface area contributed by atoms with Gasteiger partial charge < -0.3 is 15.2 Å². The molecule has 0 radical (unpaired) electrons. The zero-order valence-corrected chi connectivity index (χ0v) is 11.4. The molecule has 1 aromatic carbocycles. The Bertz CT molecular complexity index is 364. The van der Waals surface area contributed by atoms with Crippen molar-refractivity contribution in [1.29, 1.82) is 0 Å². The molecule has 1 unspecified atom stereocenters. The van der Waals surface area contributed by atoms with Crippen LogP contribution < -0.4 is 10.5 Å². The highest BCUT2D eigenvalue weighted by molar-refractivity contribution is 9.10. The molecule has 0 amide bonds. The SMILES string of the molecule is NCCc1ccc(OCC2CCOC2)c(Br)c1. The summed E-state index contributed by atoms with van der Waals surface area (Å²) in [5.41, 5.74) is 6.76. The summed E-state index contributed by atoms with van der Waals surface area (Å²) < 4.78 is 12.1. The Morgan fingerprint density at radius 2 is 2.35 bits per heavy atom. The fraction of sp³-hybridized carbons (Fsp3) is 0.538. The Hall–Kier alpha value is -0.580. The Labute approximate surface area is 110 Å². The lowest BCUT2D eigenvalue weighted by Gasteiger charge is -2.12. The van der Waals surface area contributed by atoms with Crippen LogP contribution in [0.3, 0.4) is 0 Å². The van der Waals surface area contributed by atoms with E-state index < -0.39 is 0 Å². The van der Waals surface area contributed by atoms with Gasteiger partial charge >= 0.3 is 0 Å². The van der Waals surface area contributed by atoms with E-state index in [1.165, 1.54) is 5.56 Å². The number of hydrogen-bond acceptors (Lipinski definition) is 3. The Morgan fingerprint density at radius 1 is 1.47 bits per heavy atom. The first-order chi connectivity index (χ1) is 8.29. The summed E-state index contributed by atoms with van der Waals surface area (Å²) in [5, 5.41) is 0. The number of nitrogens with two attached hydrogens (primary N) is 1. The molecule has 2 rings (SSSR count). The van der Waals surface area contributed by atoms with E-state index in [0.29, 0.717) is 12.5 Å². The fourth-order valence-electron chi connectivity index (χ4n) is 1.91. The first-order valence-electron chi connectivity index (χ1n) is 5.98. The summed E-state index contributed by atoms with van der Waals surface area (Å²) in [7, 11) is 0. The van der Waals surface area contributed by atoms with Crippen molar-refractivity contribution in [3.05, 3.63) is 28.2 Å². The van der Waals surface area contributed by atoms with E-state index in [1.54, 1.807) is 0 Å². The monoisotopic (exact) mass is 299 g/mol. The van der Waals surface area contributed by atoms with Crippen LogP contribution >= 0.6 is 15.9 Å². The summed E-state index contributed by atoms with van der Waals surface area (Å²) in [6.45, 7) is 3.09. The summed E-state index contributed by atoms with van der Waals surface area (Å²) >= 11 is 3.53. The molecule has 3 nitrogen and oxygen atoms in total. The molecule has 0 aliphatic carbocycles. The van der Waals surface area contributed by atoms with Crippen molar-refractivity contribution in [3.8, 4) is 5.75 Å². The smallest absolute Gasteiger partial charge is 0.133 e. The molecule has 1 aliphatic rings. The molecule has 1 fully saturated rings. The summed E-state index contributed by atoms with van der Waals surface area (Å²) in [4.78, 5) is 0. The normalized spacial score (nSPS) is 19.5. The molecule has 0 spiro atoms. The standard InChI is InChI=1S/C13H18BrNO2/c14-12-7-10(3-5-15)1-2-13(12)17-9-11-4-6-16-8-11/h1-2,7,11H,3-6,8-9,15H2. The van der Waals surface area contributed by atoms with Gasteiger partial charge in [0.15, 0.2) is 0 Å². The third kappa shape index (κ3) is 3.69. The second kappa shape index (κ2) is 6.38. The maximum absolute atomic E-state index is 5.80. The minimum Gasteiger partial charge on any atom is -0.492 e. The molecule has 1 heterocycles. The molecule has 1 aromatic rings. The zero-order valence-electron chi connectivity index (χ0n) is 9.82. The largest absolute Gasteiger partial charge is 0.492 e. The first-order valence-corrected chi connectivity index (χ1v) is 6.78. The molecule has 1 atom stereocenters. The Balaban J connectivity index is 1.91. The van der Waals surface area contributed by atoms with Crippen molar-refractivity contribution in [3.63, 3.8) is 0 Å². The van der Waals surface area contributed by atoms with Gasteiger partial charge in [0.1, 0.15) is 5.75 Å². The third-order valence-corrected chi connectivity index (χ3v) is 3.55. The lowest BCUT2D eigenvalue weighted by atomic mass is 10.1. The van der Waals surface area contributed by atoms with Crippen molar-refractivity contribution >= 4 is 15.9 Å². The van der Waals surface area contributed by atoms with Crippen LogP contribution in [0, 0.1) is 5.92 Å². The highest BCUT2D eigenvalue weighted by Crippen LogP contribution is 2.27. The maximum Gasteiger partial charge on any atom is 0.133 e. The van der Waals surface area contributed by atoms with Crippen LogP contribution in [0.4, 0.5) is 0 Å². The van der Waals surface area contributed by atoms with Gasteiger partial charge in [-0.05, 0) is 53.0 Å². The van der Waals surface area contributed by atoms with E-state index >= 15 is 0 Å². The number of benzene rings is 1. The van der Waals surface area contributed by atoms with E-state index in [2.05, 4.69) is 28.1 Å². The van der Waals surface area contributed by atoms with E-state index in [4.69, 9.17) is 15.2 Å². The fourth-order valence-corrected chi connectivity index (χ4v) is 2.45. The molecule has 94 valence electrons. The summed E-state index contributed by atoms with van der Waals surface area (Å²) in [6, 6.07) is 6.15. The van der Waals surface area contributed by atoms with Crippen molar-refractivity contribution in [2.24, 2.45) is 11.7 Å². The molecular formula is C13H18BrNO2. The predicted molar refractivity (Wildman–Crippen MR) is 71.3 cm³/mol.